The lowest BCUT2D eigenvalue weighted by atomic mass is 9.87. The van der Waals surface area contributed by atoms with Crippen molar-refractivity contribution in [1.82, 2.24) is 14.8 Å². The molecule has 1 heterocycles. The fraction of sp³-hybridized carbons (Fsp3) is 0.364. The fourth-order valence-electron chi connectivity index (χ4n) is 2.78. The van der Waals surface area contributed by atoms with Crippen LogP contribution in [-0.2, 0) is 24.3 Å². The molecular formula is C22H26ClN3OS. The minimum atomic E-state index is 0.136. The van der Waals surface area contributed by atoms with Crippen molar-refractivity contribution in [2.45, 2.75) is 57.2 Å². The molecule has 0 N–H and O–H groups in total. The molecule has 0 aliphatic heterocycles. The van der Waals surface area contributed by atoms with Crippen LogP contribution in [0.15, 0.2) is 53.7 Å². The average Bonchev–Trinajstić information content (AvgIpc) is 3.07. The highest BCUT2D eigenvalue weighted by molar-refractivity contribution is 7.98. The average molecular weight is 416 g/mol. The second-order valence-corrected chi connectivity index (χ2v) is 9.00. The molecule has 6 heteroatoms. The molecule has 0 unspecified atom stereocenters. The Morgan fingerprint density at radius 1 is 1.00 bits per heavy atom. The monoisotopic (exact) mass is 415 g/mol. The van der Waals surface area contributed by atoms with Crippen LogP contribution in [0.4, 0.5) is 0 Å². The van der Waals surface area contributed by atoms with Crippen molar-refractivity contribution >= 4 is 23.4 Å². The summed E-state index contributed by atoms with van der Waals surface area (Å²) >= 11 is 7.62. The van der Waals surface area contributed by atoms with E-state index >= 15 is 0 Å². The second kappa shape index (κ2) is 9.01. The minimum absolute atomic E-state index is 0.136. The normalized spacial score (nSPS) is 11.6. The first-order valence-electron chi connectivity index (χ1n) is 9.39. The van der Waals surface area contributed by atoms with E-state index in [4.69, 9.17) is 16.3 Å². The highest BCUT2D eigenvalue weighted by Crippen LogP contribution is 2.26. The zero-order chi connectivity index (χ0) is 20.1. The van der Waals surface area contributed by atoms with E-state index in [-0.39, 0.29) is 5.41 Å². The van der Waals surface area contributed by atoms with Crippen LogP contribution in [0.25, 0.3) is 0 Å². The number of ether oxygens (including phenoxy) is 1. The summed E-state index contributed by atoms with van der Waals surface area (Å²) in [6.45, 7) is 9.91. The summed E-state index contributed by atoms with van der Waals surface area (Å²) in [6, 6.07) is 16.2. The smallest absolute Gasteiger partial charge is 0.191 e. The van der Waals surface area contributed by atoms with E-state index in [0.29, 0.717) is 6.61 Å². The number of nitrogens with zero attached hydrogens (tertiary/aromatic N) is 3. The summed E-state index contributed by atoms with van der Waals surface area (Å²) in [7, 11) is 0. The van der Waals surface area contributed by atoms with Crippen LogP contribution in [0.2, 0.25) is 5.02 Å². The molecule has 0 bridgehead atoms. The highest BCUT2D eigenvalue weighted by atomic mass is 35.5. The van der Waals surface area contributed by atoms with Gasteiger partial charge in [0, 0.05) is 17.3 Å². The van der Waals surface area contributed by atoms with E-state index in [1.807, 2.05) is 36.4 Å². The van der Waals surface area contributed by atoms with Gasteiger partial charge in [0.1, 0.15) is 12.4 Å². The van der Waals surface area contributed by atoms with Gasteiger partial charge in [0.15, 0.2) is 11.0 Å². The first-order valence-corrected chi connectivity index (χ1v) is 10.8. The lowest BCUT2D eigenvalue weighted by molar-refractivity contribution is 0.288. The van der Waals surface area contributed by atoms with E-state index in [2.05, 4.69) is 54.6 Å². The molecule has 148 valence electrons. The van der Waals surface area contributed by atoms with Gasteiger partial charge < -0.3 is 9.30 Å². The summed E-state index contributed by atoms with van der Waals surface area (Å²) in [5, 5.41) is 10.3. The van der Waals surface area contributed by atoms with Crippen molar-refractivity contribution in [2.75, 3.05) is 0 Å². The molecule has 0 saturated carbocycles. The predicted octanol–water partition coefficient (Wildman–Crippen LogP) is 6.12. The van der Waals surface area contributed by atoms with Crippen molar-refractivity contribution in [3.8, 4) is 5.75 Å². The van der Waals surface area contributed by atoms with Crippen molar-refractivity contribution in [1.29, 1.82) is 0 Å². The van der Waals surface area contributed by atoms with Crippen molar-refractivity contribution < 1.29 is 4.74 Å². The SMILES string of the molecule is CCn1c(COc2ccc(C(C)(C)C)cc2)nnc1SCc1ccc(Cl)cc1. The molecule has 4 nitrogen and oxygen atoms in total. The van der Waals surface area contributed by atoms with Crippen LogP contribution < -0.4 is 4.74 Å². The maximum absolute atomic E-state index is 5.95. The second-order valence-electron chi connectivity index (χ2n) is 7.62. The van der Waals surface area contributed by atoms with Gasteiger partial charge in [-0.2, -0.15) is 0 Å². The van der Waals surface area contributed by atoms with Crippen LogP contribution in [-0.4, -0.2) is 14.8 Å². The molecule has 0 saturated heterocycles. The Kier molecular flexibility index (Phi) is 6.68. The minimum Gasteiger partial charge on any atom is -0.486 e. The van der Waals surface area contributed by atoms with Gasteiger partial charge in [-0.05, 0) is 47.7 Å². The number of benzene rings is 2. The Balaban J connectivity index is 1.62. The predicted molar refractivity (Wildman–Crippen MR) is 116 cm³/mol. The number of hydrogen-bond donors (Lipinski definition) is 0. The summed E-state index contributed by atoms with van der Waals surface area (Å²) in [5.74, 6) is 2.50. The Hall–Kier alpha value is -1.98. The first-order chi connectivity index (χ1) is 13.4. The fourth-order valence-corrected chi connectivity index (χ4v) is 3.88. The van der Waals surface area contributed by atoms with Crippen LogP contribution in [0.1, 0.15) is 44.6 Å². The summed E-state index contributed by atoms with van der Waals surface area (Å²) < 4.78 is 8.05. The number of thioether (sulfide) groups is 1. The molecule has 2 aromatic carbocycles. The van der Waals surface area contributed by atoms with Gasteiger partial charge in [-0.15, -0.1) is 10.2 Å². The molecule has 3 aromatic rings. The lowest BCUT2D eigenvalue weighted by Crippen LogP contribution is -2.11. The third kappa shape index (κ3) is 5.30. The summed E-state index contributed by atoms with van der Waals surface area (Å²) in [5.41, 5.74) is 2.63. The molecule has 0 radical (unpaired) electrons. The van der Waals surface area contributed by atoms with E-state index in [9.17, 15) is 0 Å². The third-order valence-corrected chi connectivity index (χ3v) is 5.77. The summed E-state index contributed by atoms with van der Waals surface area (Å²) in [6.07, 6.45) is 0. The standard InChI is InChI=1S/C22H26ClN3OS/c1-5-26-20(14-27-19-12-8-17(9-13-19)22(2,3)4)24-25-21(26)28-15-16-6-10-18(23)11-7-16/h6-13H,5,14-15H2,1-4H3. The van der Waals surface area contributed by atoms with E-state index in [1.54, 1.807) is 11.8 Å². The highest BCUT2D eigenvalue weighted by Gasteiger charge is 2.14. The molecule has 28 heavy (non-hydrogen) atoms. The Morgan fingerprint density at radius 2 is 1.68 bits per heavy atom. The van der Waals surface area contributed by atoms with Gasteiger partial charge in [0.25, 0.3) is 0 Å². The van der Waals surface area contributed by atoms with Gasteiger partial charge >= 0.3 is 0 Å². The van der Waals surface area contributed by atoms with Crippen molar-refractivity contribution in [2.24, 2.45) is 0 Å². The maximum atomic E-state index is 5.95. The van der Waals surface area contributed by atoms with Gasteiger partial charge in [0.05, 0.1) is 0 Å². The van der Waals surface area contributed by atoms with E-state index in [0.717, 1.165) is 34.1 Å². The Morgan fingerprint density at radius 3 is 2.29 bits per heavy atom. The largest absolute Gasteiger partial charge is 0.486 e. The molecule has 0 amide bonds. The van der Waals surface area contributed by atoms with Gasteiger partial charge in [-0.3, -0.25) is 0 Å². The van der Waals surface area contributed by atoms with E-state index in [1.165, 1.54) is 11.1 Å². The number of halogens is 1. The van der Waals surface area contributed by atoms with Crippen molar-refractivity contribution in [3.05, 3.63) is 70.5 Å². The molecule has 0 aliphatic carbocycles. The van der Waals surface area contributed by atoms with Gasteiger partial charge in [0.2, 0.25) is 0 Å². The number of aromatic nitrogens is 3. The molecule has 3 rings (SSSR count). The molecule has 0 fully saturated rings. The van der Waals surface area contributed by atoms with Gasteiger partial charge in [-0.25, -0.2) is 0 Å². The zero-order valence-electron chi connectivity index (χ0n) is 16.8. The Bertz CT molecular complexity index is 899. The third-order valence-electron chi connectivity index (χ3n) is 4.48. The van der Waals surface area contributed by atoms with Crippen LogP contribution >= 0.6 is 23.4 Å². The molecule has 1 aromatic heterocycles. The maximum Gasteiger partial charge on any atom is 0.191 e. The summed E-state index contributed by atoms with van der Waals surface area (Å²) in [4.78, 5) is 0. The molecule has 0 atom stereocenters. The van der Waals surface area contributed by atoms with Crippen LogP contribution in [0.3, 0.4) is 0 Å². The number of hydrogen-bond acceptors (Lipinski definition) is 4. The van der Waals surface area contributed by atoms with Crippen molar-refractivity contribution in [3.63, 3.8) is 0 Å². The lowest BCUT2D eigenvalue weighted by Gasteiger charge is -2.19. The molecule has 0 aliphatic rings. The zero-order valence-corrected chi connectivity index (χ0v) is 18.3. The van der Waals surface area contributed by atoms with Crippen LogP contribution in [0, 0.1) is 0 Å². The molecule has 0 spiro atoms. The van der Waals surface area contributed by atoms with Gasteiger partial charge in [-0.1, -0.05) is 68.4 Å². The Labute approximate surface area is 176 Å². The van der Waals surface area contributed by atoms with Crippen LogP contribution in [0.5, 0.6) is 5.75 Å². The number of rotatable bonds is 7. The topological polar surface area (TPSA) is 39.9 Å². The molecular weight excluding hydrogens is 390 g/mol. The quantitative estimate of drug-likeness (QED) is 0.436. The van der Waals surface area contributed by atoms with E-state index < -0.39 is 0 Å². The first kappa shape index (κ1) is 20.7.